The maximum absolute atomic E-state index is 14.4. The number of rotatable bonds is 40. The van der Waals surface area contributed by atoms with Crippen LogP contribution in [-0.2, 0) is 83.0 Å². The lowest BCUT2D eigenvalue weighted by Crippen LogP contribution is -3.00. The van der Waals surface area contributed by atoms with E-state index in [0.717, 1.165) is 101 Å². The van der Waals surface area contributed by atoms with Crippen LogP contribution in [0.2, 0.25) is 0 Å². The first-order valence-corrected chi connectivity index (χ1v) is 45.2. The minimum atomic E-state index is -0.890. The lowest BCUT2D eigenvalue weighted by molar-refractivity contribution is -0.697. The van der Waals surface area contributed by atoms with E-state index in [2.05, 4.69) is 114 Å². The Kier molecular flexibility index (Phi) is 33.2. The molecule has 2 aliphatic carbocycles. The molecule has 19 nitrogen and oxygen atoms in total. The number of aromatic nitrogens is 3. The standard InChI is InChI=1S/C60H71N3O7.C45H47NO8.3ClH/c1-6-8-10-17-27-62-29-22-40(23-30-62)19-13-12-14-21-44-45-33-38(3)48(39(4)61-26-16-15-20-41-24-31-63(32-25-41)28-18-11-9-7-2)57-56-51(45)54-49(42(36-64)34-46(66)52(54)58(44)68)50-43(37-65)35-47(67)53(55(50)56)59(69)60(57)70-5;1-5-6-7-11-16-46-17-14-26(15-18-46)12-9-8-10-13-29-30-19-24(2)33(25(3)49)42-41-36(30)39-34(27(22-47)20-31(50)37(39)43(29)52)35-28(23-48)21-32(51)38(40(35)41)44(53)45(42)54-4;;;/h22-25,29-35,48,64-65H,6-21,26-28,36-37H2,1-5H3;14-15,17-21,33,47-48H,5-13,16,22-23H2,1-4H3,(H-,50,51,52,53);3*1H. The molecule has 22 heteroatoms. The van der Waals surface area contributed by atoms with Crippen molar-refractivity contribution in [3.05, 3.63) is 222 Å². The quantitative estimate of drug-likeness (QED) is 0.00584. The van der Waals surface area contributed by atoms with Gasteiger partial charge >= 0.3 is 0 Å². The number of carbonyl (C=O) groups is 1. The van der Waals surface area contributed by atoms with Gasteiger partial charge in [-0.2, -0.15) is 0 Å². The smallest absolute Gasteiger partial charge is 0.190 e. The molecule has 0 spiro atoms. The predicted molar refractivity (Wildman–Crippen MR) is 495 cm³/mol. The number of aliphatic hydroxyl groups excluding tert-OH is 4. The lowest BCUT2D eigenvalue weighted by Gasteiger charge is -2.26. The summed E-state index contributed by atoms with van der Waals surface area (Å²) in [4.78, 5) is 75.2. The molecule has 8 N–H and O–H groups in total. The van der Waals surface area contributed by atoms with E-state index in [1.807, 2.05) is 26.8 Å². The number of aromatic hydroxyl groups is 4. The summed E-state index contributed by atoms with van der Waals surface area (Å²) < 4.78 is 18.7. The highest BCUT2D eigenvalue weighted by atomic mass is 35.5. The first-order chi connectivity index (χ1) is 60.1. The van der Waals surface area contributed by atoms with Crippen LogP contribution in [0.4, 0.5) is 0 Å². The molecule has 2 aliphatic rings. The Bertz CT molecular complexity index is 6520. The fourth-order valence-corrected chi connectivity index (χ4v) is 20.5. The number of nitrogens with zero attached hydrogens (tertiary/aromatic N) is 4. The average Bonchev–Trinajstić information content (AvgIpc) is 1.68. The molecule has 672 valence electrons. The van der Waals surface area contributed by atoms with Crippen molar-refractivity contribution in [2.24, 2.45) is 4.99 Å². The van der Waals surface area contributed by atoms with Gasteiger partial charge in [0, 0.05) is 118 Å². The van der Waals surface area contributed by atoms with Gasteiger partial charge in [0.1, 0.15) is 36.9 Å². The van der Waals surface area contributed by atoms with E-state index < -0.39 is 65.7 Å². The van der Waals surface area contributed by atoms with Crippen molar-refractivity contribution >= 4 is 110 Å². The number of aliphatic imine (C=N–C) groups is 1. The van der Waals surface area contributed by atoms with Crippen LogP contribution in [0.25, 0.3) is 98.3 Å². The number of halogens is 3. The number of allylic oxidation sites excluding steroid dienone is 2. The Morgan fingerprint density at radius 2 is 0.654 bits per heavy atom. The molecule has 0 aliphatic heterocycles. The number of methoxy groups -OCH3 is 2. The number of aryl methyl sites for hydroxylation is 6. The van der Waals surface area contributed by atoms with Gasteiger partial charge in [0.05, 0.1) is 68.1 Å². The number of hydrogen-bond donors (Lipinski definition) is 8. The first-order valence-electron chi connectivity index (χ1n) is 45.2. The molecular weight excluding hydrogens is 1660 g/mol. The molecule has 10 aromatic carbocycles. The number of fused-ring (bicyclic) bond motifs is 2. The van der Waals surface area contributed by atoms with Crippen LogP contribution in [0, 0.1) is 0 Å². The fraction of sp³-hybridized carbons (Fsp3) is 0.419. The van der Waals surface area contributed by atoms with Gasteiger partial charge in [-0.3, -0.25) is 29.0 Å². The third-order valence-corrected chi connectivity index (χ3v) is 26.5. The number of pyridine rings is 3. The zero-order chi connectivity index (χ0) is 87.9. The van der Waals surface area contributed by atoms with Crippen molar-refractivity contribution in [2.75, 3.05) is 20.8 Å². The van der Waals surface area contributed by atoms with E-state index in [1.54, 1.807) is 0 Å². The Morgan fingerprint density at radius 3 is 0.969 bits per heavy atom. The minimum absolute atomic E-state index is 0. The zero-order valence-corrected chi connectivity index (χ0v) is 77.0. The summed E-state index contributed by atoms with van der Waals surface area (Å²) >= 11 is 0. The summed E-state index contributed by atoms with van der Waals surface area (Å²) in [5.41, 5.74) is 8.85. The van der Waals surface area contributed by atoms with E-state index in [0.29, 0.717) is 135 Å². The lowest BCUT2D eigenvalue weighted by atomic mass is 9.78. The summed E-state index contributed by atoms with van der Waals surface area (Å²) in [6, 6.07) is 18.4. The maximum atomic E-state index is 14.4. The van der Waals surface area contributed by atoms with Crippen molar-refractivity contribution in [1.82, 2.24) is 0 Å². The van der Waals surface area contributed by atoms with Gasteiger partial charge in [-0.1, -0.05) is 95.4 Å². The van der Waals surface area contributed by atoms with Crippen molar-refractivity contribution in [3.63, 3.8) is 0 Å². The normalized spacial score (nSPS) is 13.7. The second-order valence-electron chi connectivity index (χ2n) is 34.7. The predicted octanol–water partition coefficient (Wildman–Crippen LogP) is 9.20. The average molecular weight is 1790 g/mol. The largest absolute Gasteiger partial charge is 1.00 e. The summed E-state index contributed by atoms with van der Waals surface area (Å²) in [6.45, 7) is 15.6. The van der Waals surface area contributed by atoms with Crippen LogP contribution in [0.1, 0.15) is 261 Å². The molecule has 3 heterocycles. The van der Waals surface area contributed by atoms with E-state index in [9.17, 15) is 64.8 Å². The Hall–Kier alpha value is -10.2. The molecule has 0 fully saturated rings. The van der Waals surface area contributed by atoms with Gasteiger partial charge in [0.2, 0.25) is 0 Å². The van der Waals surface area contributed by atoms with Crippen LogP contribution >= 0.6 is 0 Å². The van der Waals surface area contributed by atoms with Gasteiger partial charge in [-0.25, -0.2) is 13.7 Å². The Balaban J connectivity index is 0.000000248. The van der Waals surface area contributed by atoms with Gasteiger partial charge in [-0.05, 0) is 235 Å². The Labute approximate surface area is 760 Å². The summed E-state index contributed by atoms with van der Waals surface area (Å²) in [6.07, 6.45) is 42.3. The highest BCUT2D eigenvalue weighted by Gasteiger charge is 2.40. The number of phenols is 4. The molecule has 0 saturated carbocycles. The molecule has 0 bridgehead atoms. The number of phenolic OH excluding ortho intramolecular Hbond substituents is 4. The number of Topliss-reactive ketones (excluding diaryl/α,β-unsaturated/α-hetero) is 1. The number of benzene rings is 10. The molecule has 127 heavy (non-hydrogen) atoms. The molecule has 0 amide bonds. The highest BCUT2D eigenvalue weighted by molar-refractivity contribution is 6.40. The number of aliphatic hydroxyl groups is 4. The second-order valence-corrected chi connectivity index (χ2v) is 34.7. The van der Waals surface area contributed by atoms with Crippen molar-refractivity contribution in [3.8, 4) is 34.5 Å². The van der Waals surface area contributed by atoms with Crippen molar-refractivity contribution in [1.29, 1.82) is 0 Å². The van der Waals surface area contributed by atoms with Crippen LogP contribution in [0.15, 0.2) is 133 Å². The monoisotopic (exact) mass is 1780 g/mol. The van der Waals surface area contributed by atoms with Crippen LogP contribution in [-0.4, -0.2) is 73.1 Å². The van der Waals surface area contributed by atoms with Crippen LogP contribution in [0.3, 0.4) is 0 Å². The van der Waals surface area contributed by atoms with E-state index in [4.69, 9.17) is 14.5 Å². The van der Waals surface area contributed by atoms with Gasteiger partial charge in [-0.15, -0.1) is 0 Å². The molecule has 3 aromatic heterocycles. The zero-order valence-electron chi connectivity index (χ0n) is 74.7. The molecule has 2 atom stereocenters. The third-order valence-electron chi connectivity index (χ3n) is 26.5. The van der Waals surface area contributed by atoms with Gasteiger partial charge in [0.15, 0.2) is 81.9 Å². The first kappa shape index (κ1) is 97.4. The number of unbranched alkanes of at least 4 members (excludes halogenated alkanes) is 14. The number of carbonyl (C=O) groups excluding carboxylic acids is 1. The topological polar surface area (TPSA) is 290 Å². The maximum Gasteiger partial charge on any atom is 0.190 e. The summed E-state index contributed by atoms with van der Waals surface area (Å²) in [5.74, 6) is -2.50. The molecule has 0 radical (unpaired) electrons. The highest BCUT2D eigenvalue weighted by Crippen LogP contribution is 2.59. The molecular formula is C105H121Cl3N4O15. The Morgan fingerprint density at radius 1 is 0.362 bits per heavy atom. The summed E-state index contributed by atoms with van der Waals surface area (Å²) in [5, 5.41) is 97.4. The molecule has 2 unspecified atom stereocenters. The molecule has 0 saturated heterocycles. The van der Waals surface area contributed by atoms with E-state index in [1.165, 1.54) is 139 Å². The number of hydrogen-bond acceptors (Lipinski definition) is 16. The fourth-order valence-electron chi connectivity index (χ4n) is 20.5. The SMILES string of the molecule is CCCCCC[n+]1ccc(CCCCCc2c(O)c3c(=O)cc(CO)c4c5c(CO)cc(=O)c6c(O)c(OC)c7c(c(c2C=C(C)C7C(C)=NCCCCc2cc[n+](CCCCCC)cc2)c34)c65)cc1.CCCCCC[n+]1ccc(CCCCCc2c(O)c3c(=O)cc(CO)c4c5c(CO)cc(=O)c6c(O)c(OC)c7c(c(c2C=C(C)C7C(C)=O)c34)c65)cc1.[Cl-].[Cl-].[Cl-]. The van der Waals surface area contributed by atoms with Gasteiger partial charge < -0.3 is 87.5 Å². The van der Waals surface area contributed by atoms with Crippen molar-refractivity contribution < 1.29 is 106 Å². The van der Waals surface area contributed by atoms with Crippen molar-refractivity contribution in [2.45, 2.75) is 267 Å². The molecule has 15 rings (SSSR count). The minimum Gasteiger partial charge on any atom is -1.00 e. The van der Waals surface area contributed by atoms with E-state index in [-0.39, 0.29) is 104 Å². The third kappa shape index (κ3) is 18.9. The van der Waals surface area contributed by atoms with Crippen LogP contribution in [0.5, 0.6) is 34.5 Å². The number of ketones is 1. The summed E-state index contributed by atoms with van der Waals surface area (Å²) in [7, 11) is 2.86. The van der Waals surface area contributed by atoms with Crippen LogP contribution < -0.4 is 82.1 Å². The van der Waals surface area contributed by atoms with Gasteiger partial charge in [0.25, 0.3) is 0 Å². The molecule has 13 aromatic rings. The number of ether oxygens (including phenoxy) is 2. The second kappa shape index (κ2) is 43.3. The van der Waals surface area contributed by atoms with E-state index >= 15 is 0 Å².